The Kier molecular flexibility index (Phi) is 1.58. The molecule has 0 heterocycles. The van der Waals surface area contributed by atoms with Crippen molar-refractivity contribution in [1.29, 1.82) is 0 Å². The maximum Gasteiger partial charge on any atom is 0.149 e. The van der Waals surface area contributed by atoms with Crippen LogP contribution in [0.4, 0.5) is 10.1 Å². The van der Waals surface area contributed by atoms with Gasteiger partial charge >= 0.3 is 0 Å². The van der Waals surface area contributed by atoms with Gasteiger partial charge in [-0.3, -0.25) is 5.73 Å². The normalized spacial score (nSPS) is 9.56. The molecule has 0 bridgehead atoms. The third-order valence-corrected chi connectivity index (χ3v) is 1.28. The summed E-state index contributed by atoms with van der Waals surface area (Å²) in [5.74, 6) is -0.581. The van der Waals surface area contributed by atoms with E-state index in [4.69, 9.17) is 17.3 Å². The van der Waals surface area contributed by atoms with Crippen LogP contribution in [-0.4, -0.2) is 0 Å². The van der Waals surface area contributed by atoms with Crippen molar-refractivity contribution in [2.45, 2.75) is 0 Å². The number of hydrogen-bond acceptors (Lipinski definition) is 0. The summed E-state index contributed by atoms with van der Waals surface area (Å²) in [4.78, 5) is 0. The van der Waals surface area contributed by atoms with Gasteiger partial charge < -0.3 is 0 Å². The molecular weight excluding hydrogens is 141 g/mol. The summed E-state index contributed by atoms with van der Waals surface area (Å²) in [6.07, 6.45) is 0. The first-order chi connectivity index (χ1) is 4.22. The maximum atomic E-state index is 12.3. The molecule has 0 spiro atoms. The fourth-order valence-corrected chi connectivity index (χ4v) is 0.661. The number of nitrogens with one attached hydrogen (secondary N) is 1. The summed E-state index contributed by atoms with van der Waals surface area (Å²) >= 11 is 5.39. The van der Waals surface area contributed by atoms with E-state index >= 15 is 0 Å². The smallest absolute Gasteiger partial charge is 0.149 e. The minimum absolute atomic E-state index is 0.148. The molecule has 0 aliphatic rings. The molecule has 1 aromatic carbocycles. The summed E-state index contributed by atoms with van der Waals surface area (Å²) in [6.45, 7) is 0. The fraction of sp³-hybridized carbons (Fsp3) is 0. The maximum absolute atomic E-state index is 12.3. The Hall–Kier alpha value is -0.760. The van der Waals surface area contributed by atoms with E-state index in [9.17, 15) is 4.39 Å². The van der Waals surface area contributed by atoms with Gasteiger partial charge in [0.25, 0.3) is 0 Å². The third kappa shape index (κ3) is 1.13. The summed E-state index contributed by atoms with van der Waals surface area (Å²) < 4.78 is 12.3. The first kappa shape index (κ1) is 6.36. The van der Waals surface area contributed by atoms with Gasteiger partial charge in [0, 0.05) is 0 Å². The van der Waals surface area contributed by atoms with E-state index in [0.717, 1.165) is 0 Å². The second-order valence-electron chi connectivity index (χ2n) is 1.60. The van der Waals surface area contributed by atoms with E-state index in [1.54, 1.807) is 0 Å². The molecule has 1 N–H and O–H groups in total. The molecule has 47 valence electrons. The van der Waals surface area contributed by atoms with Crippen LogP contribution in [0.3, 0.4) is 0 Å². The van der Waals surface area contributed by atoms with Crippen molar-refractivity contribution in [2.24, 2.45) is 0 Å². The lowest BCUT2D eigenvalue weighted by molar-refractivity contribution is 0.629. The molecule has 9 heavy (non-hydrogen) atoms. The van der Waals surface area contributed by atoms with E-state index in [2.05, 4.69) is 0 Å². The van der Waals surface area contributed by atoms with Crippen LogP contribution < -0.4 is 5.73 Å². The zero-order valence-electron chi connectivity index (χ0n) is 4.49. The minimum atomic E-state index is -0.581. The lowest BCUT2D eigenvalue weighted by Crippen LogP contribution is -1.77. The van der Waals surface area contributed by atoms with Crippen LogP contribution in [0.5, 0.6) is 0 Å². The highest BCUT2D eigenvalue weighted by molar-refractivity contribution is 6.32. The van der Waals surface area contributed by atoms with Gasteiger partial charge in [-0.2, -0.15) is 0 Å². The summed E-state index contributed by atoms with van der Waals surface area (Å²) in [7, 11) is 0. The van der Waals surface area contributed by atoms with Gasteiger partial charge in [-0.15, -0.1) is 0 Å². The Labute approximate surface area is 57.2 Å². The van der Waals surface area contributed by atoms with Crippen molar-refractivity contribution in [1.82, 2.24) is 5.73 Å². The Bertz CT molecular complexity index is 204. The van der Waals surface area contributed by atoms with E-state index in [1.807, 2.05) is 0 Å². The molecule has 1 aromatic rings. The molecule has 1 nitrogen and oxygen atoms in total. The van der Waals surface area contributed by atoms with Crippen LogP contribution in [-0.2, 0) is 0 Å². The van der Waals surface area contributed by atoms with Crippen molar-refractivity contribution in [2.75, 3.05) is 0 Å². The molecular formula is C6H4ClFN. The molecule has 0 saturated carbocycles. The van der Waals surface area contributed by atoms with Crippen molar-refractivity contribution < 1.29 is 4.39 Å². The fourth-order valence-electron chi connectivity index (χ4n) is 0.498. The molecule has 0 aromatic heterocycles. The van der Waals surface area contributed by atoms with Gasteiger partial charge in [-0.25, -0.2) is 4.39 Å². The molecule has 0 aliphatic heterocycles. The molecule has 0 saturated heterocycles. The molecule has 0 unspecified atom stereocenters. The predicted octanol–water partition coefficient (Wildman–Crippen LogP) is 2.39. The Morgan fingerprint density at radius 3 is 2.56 bits per heavy atom. The standard InChI is InChI=1S/C6H4ClFN/c7-4-2-1-3-5(8)6(4)9/h1-3,9H. The number of hydrogen-bond donors (Lipinski definition) is 0. The van der Waals surface area contributed by atoms with E-state index in [1.165, 1.54) is 18.2 Å². The number of benzene rings is 1. The second-order valence-corrected chi connectivity index (χ2v) is 2.00. The topological polar surface area (TPSA) is 23.8 Å². The first-order valence-electron chi connectivity index (χ1n) is 2.37. The van der Waals surface area contributed by atoms with Gasteiger partial charge in [0.15, 0.2) is 0 Å². The zero-order valence-corrected chi connectivity index (χ0v) is 5.24. The quantitative estimate of drug-likeness (QED) is 0.534. The van der Waals surface area contributed by atoms with Gasteiger partial charge in [0.1, 0.15) is 11.5 Å². The van der Waals surface area contributed by atoms with Crippen molar-refractivity contribution in [3.63, 3.8) is 0 Å². The summed E-state index contributed by atoms with van der Waals surface area (Å²) in [6, 6.07) is 4.15. The largest absolute Gasteiger partial charge is 0.296 e. The average molecular weight is 145 g/mol. The third-order valence-electron chi connectivity index (χ3n) is 0.963. The van der Waals surface area contributed by atoms with Crippen LogP contribution in [0.2, 0.25) is 5.02 Å². The van der Waals surface area contributed by atoms with Crippen molar-refractivity contribution in [3.8, 4) is 0 Å². The minimum Gasteiger partial charge on any atom is -0.296 e. The van der Waals surface area contributed by atoms with E-state index in [0.29, 0.717) is 0 Å². The van der Waals surface area contributed by atoms with Crippen molar-refractivity contribution in [3.05, 3.63) is 29.0 Å². The van der Waals surface area contributed by atoms with Crippen LogP contribution in [0, 0.1) is 5.82 Å². The van der Waals surface area contributed by atoms with Crippen LogP contribution in [0.15, 0.2) is 18.2 Å². The lowest BCUT2D eigenvalue weighted by atomic mass is 10.3. The predicted molar refractivity (Wildman–Crippen MR) is 34.2 cm³/mol. The molecule has 0 aliphatic carbocycles. The van der Waals surface area contributed by atoms with E-state index < -0.39 is 5.82 Å². The van der Waals surface area contributed by atoms with Crippen molar-refractivity contribution >= 4 is 17.3 Å². The Balaban J connectivity index is 3.25. The Morgan fingerprint density at radius 1 is 1.44 bits per heavy atom. The van der Waals surface area contributed by atoms with Gasteiger partial charge in [-0.1, -0.05) is 17.7 Å². The first-order valence-corrected chi connectivity index (χ1v) is 2.75. The lowest BCUT2D eigenvalue weighted by Gasteiger charge is -1.94. The van der Waals surface area contributed by atoms with E-state index in [-0.39, 0.29) is 10.7 Å². The number of halogens is 2. The zero-order chi connectivity index (χ0) is 6.85. The highest BCUT2D eigenvalue weighted by atomic mass is 35.5. The average Bonchev–Trinajstić information content (AvgIpc) is 1.83. The molecule has 3 heteroatoms. The monoisotopic (exact) mass is 144 g/mol. The molecule has 1 rings (SSSR count). The molecule has 1 radical (unpaired) electrons. The van der Waals surface area contributed by atoms with Crippen LogP contribution in [0.1, 0.15) is 0 Å². The molecule has 0 fully saturated rings. The summed E-state index contributed by atoms with van der Waals surface area (Å²) in [5, 5.41) is 0.148. The number of rotatable bonds is 0. The highest BCUT2D eigenvalue weighted by Crippen LogP contribution is 2.21. The van der Waals surface area contributed by atoms with Crippen LogP contribution >= 0.6 is 11.6 Å². The van der Waals surface area contributed by atoms with Crippen LogP contribution in [0.25, 0.3) is 0 Å². The van der Waals surface area contributed by atoms with Gasteiger partial charge in [0.2, 0.25) is 0 Å². The summed E-state index contributed by atoms with van der Waals surface area (Å²) in [5.41, 5.74) is 6.70. The second kappa shape index (κ2) is 2.23. The van der Waals surface area contributed by atoms with Gasteiger partial charge in [-0.05, 0) is 12.1 Å². The Morgan fingerprint density at radius 2 is 2.11 bits per heavy atom. The SMILES string of the molecule is [NH]c1c(F)cccc1Cl. The highest BCUT2D eigenvalue weighted by Gasteiger charge is 1.99. The molecule has 0 atom stereocenters. The van der Waals surface area contributed by atoms with Gasteiger partial charge in [0.05, 0.1) is 5.02 Å². The molecule has 0 amide bonds.